The van der Waals surface area contributed by atoms with Crippen LogP contribution in [0.25, 0.3) is 10.9 Å². The van der Waals surface area contributed by atoms with Crippen LogP contribution in [-0.2, 0) is 4.79 Å². The third-order valence-electron chi connectivity index (χ3n) is 3.99. The first kappa shape index (κ1) is 18.5. The van der Waals surface area contributed by atoms with Gasteiger partial charge in [-0.3, -0.25) is 9.89 Å². The normalized spacial score (nSPS) is 10.5. The molecule has 0 fully saturated rings. The summed E-state index contributed by atoms with van der Waals surface area (Å²) in [5, 5.41) is 17.1. The quantitative estimate of drug-likeness (QED) is 0.349. The van der Waals surface area contributed by atoms with Crippen molar-refractivity contribution in [3.05, 3.63) is 72.5 Å². The number of anilines is 5. The van der Waals surface area contributed by atoms with Gasteiger partial charge in [0.2, 0.25) is 11.9 Å². The lowest BCUT2D eigenvalue weighted by molar-refractivity contribution is -0.111. The second kappa shape index (κ2) is 7.99. The maximum atomic E-state index is 11.6. The molecule has 29 heavy (non-hydrogen) atoms. The first-order valence-electron chi connectivity index (χ1n) is 8.64. The number of carbonyl (C=O) groups excluding carboxylic acids is 1. The SMILES string of the molecule is C=CC(=O)Nc1cccc(Nc2nc(Nc3cn[nH]c3)nc3ccc(Cl)cc23)c1. The maximum absolute atomic E-state index is 11.6. The van der Waals surface area contributed by atoms with Crippen LogP contribution in [0.5, 0.6) is 0 Å². The fourth-order valence-corrected chi connectivity index (χ4v) is 2.88. The first-order chi connectivity index (χ1) is 14.1. The van der Waals surface area contributed by atoms with Crippen LogP contribution >= 0.6 is 11.6 Å². The summed E-state index contributed by atoms with van der Waals surface area (Å²) in [5.74, 6) is 0.684. The van der Waals surface area contributed by atoms with Crippen LogP contribution in [0.15, 0.2) is 67.5 Å². The number of aromatic amines is 1. The highest BCUT2D eigenvalue weighted by Crippen LogP contribution is 2.29. The third kappa shape index (κ3) is 4.33. The molecule has 9 heteroatoms. The van der Waals surface area contributed by atoms with E-state index >= 15 is 0 Å². The standard InChI is InChI=1S/C20H16ClN7O/c1-2-18(29)24-13-4-3-5-14(9-13)25-19-16-8-12(21)6-7-17(16)27-20(28-19)26-15-10-22-23-11-15/h2-11H,1H2,(H,22,23)(H,24,29)(H2,25,26,27,28). The van der Waals surface area contributed by atoms with Gasteiger partial charge in [-0.15, -0.1) is 0 Å². The number of H-pyrrole nitrogens is 1. The summed E-state index contributed by atoms with van der Waals surface area (Å²) < 4.78 is 0. The molecule has 0 aliphatic carbocycles. The van der Waals surface area contributed by atoms with Gasteiger partial charge in [-0.25, -0.2) is 4.98 Å². The molecule has 2 aromatic heterocycles. The molecule has 2 aromatic carbocycles. The molecular formula is C20H16ClN7O. The van der Waals surface area contributed by atoms with Crippen molar-refractivity contribution in [3.63, 3.8) is 0 Å². The molecule has 0 saturated heterocycles. The molecule has 2 heterocycles. The number of hydrogen-bond acceptors (Lipinski definition) is 6. The number of amides is 1. The zero-order valence-electron chi connectivity index (χ0n) is 15.1. The molecule has 4 aromatic rings. The van der Waals surface area contributed by atoms with Crippen molar-refractivity contribution >= 4 is 57.2 Å². The van der Waals surface area contributed by atoms with Crippen LogP contribution in [0, 0.1) is 0 Å². The fraction of sp³-hybridized carbons (Fsp3) is 0. The van der Waals surface area contributed by atoms with E-state index in [2.05, 4.69) is 42.7 Å². The minimum absolute atomic E-state index is 0.284. The van der Waals surface area contributed by atoms with E-state index in [1.165, 1.54) is 6.08 Å². The molecule has 0 unspecified atom stereocenters. The zero-order chi connectivity index (χ0) is 20.2. The Morgan fingerprint density at radius 3 is 2.72 bits per heavy atom. The van der Waals surface area contributed by atoms with Gasteiger partial charge in [-0.05, 0) is 42.5 Å². The predicted molar refractivity (Wildman–Crippen MR) is 115 cm³/mol. The fourth-order valence-electron chi connectivity index (χ4n) is 2.70. The molecule has 0 bridgehead atoms. The van der Waals surface area contributed by atoms with Crippen LogP contribution in [0.1, 0.15) is 0 Å². The highest BCUT2D eigenvalue weighted by molar-refractivity contribution is 6.31. The second-order valence-electron chi connectivity index (χ2n) is 6.07. The molecule has 0 atom stereocenters. The summed E-state index contributed by atoms with van der Waals surface area (Å²) in [6.07, 6.45) is 4.55. The molecular weight excluding hydrogens is 390 g/mol. The van der Waals surface area contributed by atoms with E-state index in [9.17, 15) is 4.79 Å². The molecule has 0 aliphatic rings. The minimum Gasteiger partial charge on any atom is -0.339 e. The number of benzene rings is 2. The Balaban J connectivity index is 1.71. The number of halogens is 1. The Morgan fingerprint density at radius 1 is 1.07 bits per heavy atom. The molecule has 1 amide bonds. The molecule has 0 radical (unpaired) electrons. The topological polar surface area (TPSA) is 108 Å². The van der Waals surface area contributed by atoms with Gasteiger partial charge in [0.1, 0.15) is 5.82 Å². The van der Waals surface area contributed by atoms with E-state index in [1.54, 1.807) is 36.7 Å². The molecule has 144 valence electrons. The lowest BCUT2D eigenvalue weighted by atomic mass is 10.2. The number of hydrogen-bond donors (Lipinski definition) is 4. The van der Waals surface area contributed by atoms with Gasteiger partial charge in [-0.2, -0.15) is 10.1 Å². The Bertz CT molecular complexity index is 1190. The highest BCUT2D eigenvalue weighted by atomic mass is 35.5. The number of carbonyl (C=O) groups is 1. The van der Waals surface area contributed by atoms with Crippen molar-refractivity contribution in [2.24, 2.45) is 0 Å². The molecule has 4 N–H and O–H groups in total. The average molecular weight is 406 g/mol. The van der Waals surface area contributed by atoms with E-state index in [0.717, 1.165) is 16.8 Å². The molecule has 0 spiro atoms. The van der Waals surface area contributed by atoms with E-state index in [-0.39, 0.29) is 5.91 Å². The number of rotatable bonds is 6. The smallest absolute Gasteiger partial charge is 0.247 e. The van der Waals surface area contributed by atoms with Crippen LogP contribution in [0.3, 0.4) is 0 Å². The Kier molecular flexibility index (Phi) is 5.08. The van der Waals surface area contributed by atoms with E-state index in [0.29, 0.717) is 28.0 Å². The lowest BCUT2D eigenvalue weighted by Gasteiger charge is -2.12. The summed E-state index contributed by atoms with van der Waals surface area (Å²) in [6, 6.07) is 12.7. The molecule has 0 saturated carbocycles. The predicted octanol–water partition coefficient (Wildman–Crippen LogP) is 4.62. The van der Waals surface area contributed by atoms with Gasteiger partial charge in [0.25, 0.3) is 0 Å². The van der Waals surface area contributed by atoms with Crippen molar-refractivity contribution in [1.29, 1.82) is 0 Å². The van der Waals surface area contributed by atoms with Crippen molar-refractivity contribution in [1.82, 2.24) is 20.2 Å². The second-order valence-corrected chi connectivity index (χ2v) is 6.50. The summed E-state index contributed by atoms with van der Waals surface area (Å²) in [7, 11) is 0. The monoisotopic (exact) mass is 405 g/mol. The Morgan fingerprint density at radius 2 is 1.93 bits per heavy atom. The van der Waals surface area contributed by atoms with Crippen LogP contribution < -0.4 is 16.0 Å². The van der Waals surface area contributed by atoms with Crippen LogP contribution in [0.4, 0.5) is 28.8 Å². The number of aromatic nitrogens is 4. The first-order valence-corrected chi connectivity index (χ1v) is 9.02. The lowest BCUT2D eigenvalue weighted by Crippen LogP contribution is -2.07. The minimum atomic E-state index is -0.284. The molecule has 8 nitrogen and oxygen atoms in total. The number of fused-ring (bicyclic) bond motifs is 1. The Labute approximate surface area is 171 Å². The zero-order valence-corrected chi connectivity index (χ0v) is 15.9. The third-order valence-corrected chi connectivity index (χ3v) is 4.23. The average Bonchev–Trinajstić information content (AvgIpc) is 3.22. The molecule has 0 aliphatic heterocycles. The van der Waals surface area contributed by atoms with E-state index in [4.69, 9.17) is 11.6 Å². The van der Waals surface area contributed by atoms with Crippen molar-refractivity contribution in [3.8, 4) is 0 Å². The summed E-state index contributed by atoms with van der Waals surface area (Å²) in [5.41, 5.74) is 2.82. The van der Waals surface area contributed by atoms with E-state index < -0.39 is 0 Å². The van der Waals surface area contributed by atoms with Gasteiger partial charge in [0.05, 0.1) is 17.4 Å². The Hall–Kier alpha value is -3.91. The van der Waals surface area contributed by atoms with Gasteiger partial charge in [-0.1, -0.05) is 24.2 Å². The van der Waals surface area contributed by atoms with Gasteiger partial charge < -0.3 is 16.0 Å². The van der Waals surface area contributed by atoms with Crippen molar-refractivity contribution < 1.29 is 4.79 Å². The van der Waals surface area contributed by atoms with Crippen LogP contribution in [0.2, 0.25) is 5.02 Å². The number of nitrogens with zero attached hydrogens (tertiary/aromatic N) is 3. The molecule has 4 rings (SSSR count). The maximum Gasteiger partial charge on any atom is 0.247 e. The number of nitrogens with one attached hydrogen (secondary N) is 4. The van der Waals surface area contributed by atoms with Crippen molar-refractivity contribution in [2.75, 3.05) is 16.0 Å². The van der Waals surface area contributed by atoms with E-state index in [1.807, 2.05) is 18.2 Å². The summed E-state index contributed by atoms with van der Waals surface area (Å²) in [4.78, 5) is 20.7. The van der Waals surface area contributed by atoms with Gasteiger partial charge >= 0.3 is 0 Å². The highest BCUT2D eigenvalue weighted by Gasteiger charge is 2.10. The summed E-state index contributed by atoms with van der Waals surface area (Å²) >= 11 is 6.18. The largest absolute Gasteiger partial charge is 0.339 e. The van der Waals surface area contributed by atoms with Gasteiger partial charge in [0.15, 0.2) is 0 Å². The van der Waals surface area contributed by atoms with Crippen molar-refractivity contribution in [2.45, 2.75) is 0 Å². The van der Waals surface area contributed by atoms with Gasteiger partial charge in [0, 0.05) is 28.0 Å². The van der Waals surface area contributed by atoms with Crippen LogP contribution in [-0.4, -0.2) is 26.1 Å². The summed E-state index contributed by atoms with van der Waals surface area (Å²) in [6.45, 7) is 3.46.